The molecule has 0 aliphatic carbocycles. The summed E-state index contributed by atoms with van der Waals surface area (Å²) in [6, 6.07) is 8.14. The van der Waals surface area contributed by atoms with Gasteiger partial charge in [-0.25, -0.2) is 0 Å². The van der Waals surface area contributed by atoms with Gasteiger partial charge in [0.15, 0.2) is 0 Å². The molecule has 0 aliphatic rings. The normalized spacial score (nSPS) is 8.60. The predicted molar refractivity (Wildman–Crippen MR) is 51.8 cm³/mol. The molecule has 0 heterocycles. The van der Waals surface area contributed by atoms with E-state index < -0.39 is 0 Å². The van der Waals surface area contributed by atoms with Gasteiger partial charge in [-0.05, 0) is 18.1 Å². The molecule has 1 aromatic rings. The molecule has 0 radical (unpaired) electrons. The number of benzene rings is 1. The van der Waals surface area contributed by atoms with Crippen molar-refractivity contribution in [3.05, 3.63) is 35.4 Å². The molecule has 0 nitrogen and oxygen atoms in total. The zero-order valence-electron chi connectivity index (χ0n) is 6.10. The minimum absolute atomic E-state index is 0. The molecule has 0 saturated heterocycles. The van der Waals surface area contributed by atoms with Crippen LogP contribution in [0.5, 0.6) is 0 Å². The van der Waals surface area contributed by atoms with E-state index in [9.17, 15) is 0 Å². The molecular weight excluding hydrogens is 163 g/mol. The van der Waals surface area contributed by atoms with Gasteiger partial charge in [-0.1, -0.05) is 24.3 Å². The van der Waals surface area contributed by atoms with Gasteiger partial charge in [0.25, 0.3) is 0 Å². The maximum atomic E-state index is 5.63. The standard InChI is InChI=1S/C8H9Cl.H3P/c1-7-4-2-3-5-8(7)6-9;/h2-5H,6H2,1H3;1H3. The summed E-state index contributed by atoms with van der Waals surface area (Å²) in [7, 11) is 0. The Balaban J connectivity index is 0.000000810. The molecule has 0 aliphatic heterocycles. The predicted octanol–water partition coefficient (Wildman–Crippen LogP) is 2.79. The Hall–Kier alpha value is -0.0600. The maximum absolute atomic E-state index is 5.63. The van der Waals surface area contributed by atoms with Crippen molar-refractivity contribution in [3.63, 3.8) is 0 Å². The fraction of sp³-hybridized carbons (Fsp3) is 0.250. The molecule has 1 unspecified atom stereocenters. The summed E-state index contributed by atoms with van der Waals surface area (Å²) in [6.07, 6.45) is 0. The second kappa shape index (κ2) is 4.71. The van der Waals surface area contributed by atoms with Crippen LogP contribution < -0.4 is 0 Å². The Morgan fingerprint density at radius 2 is 1.90 bits per heavy atom. The van der Waals surface area contributed by atoms with Gasteiger partial charge in [-0.15, -0.1) is 11.6 Å². The third kappa shape index (κ3) is 2.28. The van der Waals surface area contributed by atoms with Crippen LogP contribution in [0.3, 0.4) is 0 Å². The first-order chi connectivity index (χ1) is 4.34. The third-order valence-corrected chi connectivity index (χ3v) is 1.69. The van der Waals surface area contributed by atoms with Crippen molar-refractivity contribution in [3.8, 4) is 0 Å². The van der Waals surface area contributed by atoms with E-state index in [4.69, 9.17) is 11.6 Å². The lowest BCUT2D eigenvalue weighted by molar-refractivity contribution is 1.30. The van der Waals surface area contributed by atoms with Crippen LogP contribution >= 0.6 is 21.5 Å². The Kier molecular flexibility index (Phi) is 4.68. The maximum Gasteiger partial charge on any atom is 0.0476 e. The van der Waals surface area contributed by atoms with Crippen molar-refractivity contribution >= 4 is 21.5 Å². The molecular formula is C8H12ClP. The van der Waals surface area contributed by atoms with Gasteiger partial charge in [-0.2, -0.15) is 9.90 Å². The SMILES string of the molecule is Cc1ccccc1CCl.P. The second-order valence-corrected chi connectivity index (χ2v) is 2.33. The first kappa shape index (κ1) is 9.94. The average molecular weight is 175 g/mol. The highest BCUT2D eigenvalue weighted by molar-refractivity contribution is 6.92. The first-order valence-corrected chi connectivity index (χ1v) is 3.48. The van der Waals surface area contributed by atoms with Crippen LogP contribution in [-0.2, 0) is 5.88 Å². The topological polar surface area (TPSA) is 0 Å². The number of rotatable bonds is 1. The summed E-state index contributed by atoms with van der Waals surface area (Å²) in [5.41, 5.74) is 2.49. The monoisotopic (exact) mass is 174 g/mol. The van der Waals surface area contributed by atoms with E-state index >= 15 is 0 Å². The fourth-order valence-electron chi connectivity index (χ4n) is 0.760. The van der Waals surface area contributed by atoms with Crippen LogP contribution in [0.1, 0.15) is 11.1 Å². The highest BCUT2D eigenvalue weighted by Gasteiger charge is 1.90. The molecule has 0 bridgehead atoms. The minimum atomic E-state index is 0. The zero-order valence-corrected chi connectivity index (χ0v) is 8.27. The quantitative estimate of drug-likeness (QED) is 0.454. The fourth-order valence-corrected chi connectivity index (χ4v) is 1.06. The molecule has 0 saturated carbocycles. The van der Waals surface area contributed by atoms with Gasteiger partial charge in [0, 0.05) is 5.88 Å². The highest BCUT2D eigenvalue weighted by Crippen LogP contribution is 2.08. The van der Waals surface area contributed by atoms with Gasteiger partial charge in [0.2, 0.25) is 0 Å². The van der Waals surface area contributed by atoms with E-state index in [1.807, 2.05) is 18.2 Å². The largest absolute Gasteiger partial charge is 0.153 e. The molecule has 0 spiro atoms. The molecule has 56 valence electrons. The van der Waals surface area contributed by atoms with Gasteiger partial charge >= 0.3 is 0 Å². The van der Waals surface area contributed by atoms with Crippen molar-refractivity contribution in [1.29, 1.82) is 0 Å². The van der Waals surface area contributed by atoms with Gasteiger partial charge in [-0.3, -0.25) is 0 Å². The second-order valence-electron chi connectivity index (χ2n) is 2.06. The van der Waals surface area contributed by atoms with Crippen LogP contribution in [-0.4, -0.2) is 0 Å². The van der Waals surface area contributed by atoms with E-state index in [1.54, 1.807) is 0 Å². The van der Waals surface area contributed by atoms with E-state index in [2.05, 4.69) is 13.0 Å². The van der Waals surface area contributed by atoms with Gasteiger partial charge in [0.05, 0.1) is 0 Å². The summed E-state index contributed by atoms with van der Waals surface area (Å²) in [5.74, 6) is 0.618. The highest BCUT2D eigenvalue weighted by atomic mass is 35.5. The number of halogens is 1. The zero-order chi connectivity index (χ0) is 6.69. The molecule has 0 aromatic heterocycles. The molecule has 1 atom stereocenters. The summed E-state index contributed by atoms with van der Waals surface area (Å²) in [5, 5.41) is 0. The van der Waals surface area contributed by atoms with E-state index in [1.165, 1.54) is 11.1 Å². The van der Waals surface area contributed by atoms with Crippen molar-refractivity contribution in [2.75, 3.05) is 0 Å². The molecule has 0 N–H and O–H groups in total. The third-order valence-electron chi connectivity index (χ3n) is 1.41. The summed E-state index contributed by atoms with van der Waals surface area (Å²) in [6.45, 7) is 2.07. The Labute approximate surface area is 70.2 Å². The lowest BCUT2D eigenvalue weighted by Gasteiger charge is -1.97. The number of hydrogen-bond acceptors (Lipinski definition) is 0. The van der Waals surface area contributed by atoms with Crippen LogP contribution in [0.15, 0.2) is 24.3 Å². The number of hydrogen-bond donors (Lipinski definition) is 0. The summed E-state index contributed by atoms with van der Waals surface area (Å²) < 4.78 is 0. The number of alkyl halides is 1. The van der Waals surface area contributed by atoms with Crippen LogP contribution in [0.25, 0.3) is 0 Å². The van der Waals surface area contributed by atoms with Crippen LogP contribution in [0.2, 0.25) is 0 Å². The van der Waals surface area contributed by atoms with Crippen molar-refractivity contribution < 1.29 is 0 Å². The van der Waals surface area contributed by atoms with Crippen molar-refractivity contribution in [1.82, 2.24) is 0 Å². The molecule has 10 heavy (non-hydrogen) atoms. The smallest absolute Gasteiger partial charge is 0.0476 e. The summed E-state index contributed by atoms with van der Waals surface area (Å²) >= 11 is 5.63. The van der Waals surface area contributed by atoms with Gasteiger partial charge < -0.3 is 0 Å². The van der Waals surface area contributed by atoms with Gasteiger partial charge in [0.1, 0.15) is 0 Å². The average Bonchev–Trinajstić information content (AvgIpc) is 1.89. The van der Waals surface area contributed by atoms with Crippen LogP contribution in [0.4, 0.5) is 0 Å². The van der Waals surface area contributed by atoms with E-state index in [0.29, 0.717) is 5.88 Å². The van der Waals surface area contributed by atoms with Crippen molar-refractivity contribution in [2.45, 2.75) is 12.8 Å². The first-order valence-electron chi connectivity index (χ1n) is 2.95. The number of aryl methyl sites for hydroxylation is 1. The van der Waals surface area contributed by atoms with Crippen LogP contribution in [0, 0.1) is 6.92 Å². The van der Waals surface area contributed by atoms with Crippen molar-refractivity contribution in [2.24, 2.45) is 0 Å². The molecule has 1 rings (SSSR count). The minimum Gasteiger partial charge on any atom is -0.153 e. The molecule has 1 aromatic carbocycles. The molecule has 2 heteroatoms. The lowest BCUT2D eigenvalue weighted by Crippen LogP contribution is -1.80. The Morgan fingerprint density at radius 3 is 2.30 bits per heavy atom. The molecule has 0 fully saturated rings. The lowest BCUT2D eigenvalue weighted by atomic mass is 10.1. The Morgan fingerprint density at radius 1 is 1.30 bits per heavy atom. The molecule has 0 amide bonds. The van der Waals surface area contributed by atoms with E-state index in [0.717, 1.165) is 0 Å². The summed E-state index contributed by atoms with van der Waals surface area (Å²) in [4.78, 5) is 0. The van der Waals surface area contributed by atoms with E-state index in [-0.39, 0.29) is 9.90 Å². The Bertz CT molecular complexity index is 198.